The molecule has 0 atom stereocenters. The van der Waals surface area contributed by atoms with Crippen molar-refractivity contribution in [2.45, 2.75) is 33.1 Å². The van der Waals surface area contributed by atoms with Gasteiger partial charge in [-0.1, -0.05) is 20.8 Å². The van der Waals surface area contributed by atoms with Gasteiger partial charge in [-0.3, -0.25) is 4.79 Å². The lowest BCUT2D eigenvalue weighted by Crippen LogP contribution is -2.25. The predicted molar refractivity (Wildman–Crippen MR) is 103 cm³/mol. The first kappa shape index (κ1) is 18.5. The van der Waals surface area contributed by atoms with Crippen LogP contribution in [0.3, 0.4) is 0 Å². The third-order valence-corrected chi connectivity index (χ3v) is 4.84. The Morgan fingerprint density at radius 3 is 2.75 bits per heavy atom. The van der Waals surface area contributed by atoms with Crippen molar-refractivity contribution in [2.75, 3.05) is 18.0 Å². The van der Waals surface area contributed by atoms with Gasteiger partial charge in [-0.05, 0) is 12.1 Å². The average Bonchev–Trinajstić information content (AvgIpc) is 3.22. The van der Waals surface area contributed by atoms with Crippen molar-refractivity contribution >= 4 is 22.8 Å². The van der Waals surface area contributed by atoms with Crippen molar-refractivity contribution < 1.29 is 13.6 Å². The Bertz CT molecular complexity index is 1050. The molecule has 1 saturated heterocycles. The van der Waals surface area contributed by atoms with Gasteiger partial charge in [0.2, 0.25) is 0 Å². The van der Waals surface area contributed by atoms with Crippen LogP contribution in [0.4, 0.5) is 14.6 Å². The summed E-state index contributed by atoms with van der Waals surface area (Å²) in [6.07, 6.45) is 4.63. The van der Waals surface area contributed by atoms with Crippen LogP contribution in [0.5, 0.6) is 0 Å². The first-order chi connectivity index (χ1) is 13.1. The molecule has 146 valence electrons. The number of hydrogen-bond donors (Lipinski definition) is 1. The Kier molecular flexibility index (Phi) is 4.17. The number of nitrogens with one attached hydrogen (secondary N) is 1. The number of H-pyrrole nitrogens is 1. The van der Waals surface area contributed by atoms with Crippen LogP contribution < -0.4 is 4.90 Å². The van der Waals surface area contributed by atoms with E-state index < -0.39 is 11.3 Å². The highest BCUT2D eigenvalue weighted by atomic mass is 19.3. The zero-order chi connectivity index (χ0) is 20.1. The van der Waals surface area contributed by atoms with Crippen molar-refractivity contribution in [1.82, 2.24) is 19.9 Å². The normalized spacial score (nSPS) is 16.7. The summed E-state index contributed by atoms with van der Waals surface area (Å²) in [6.45, 7) is 5.48. The number of rotatable bonds is 3. The van der Waals surface area contributed by atoms with Gasteiger partial charge in [0, 0.05) is 36.3 Å². The number of anilines is 1. The number of ketones is 1. The van der Waals surface area contributed by atoms with Crippen LogP contribution in [-0.2, 0) is 0 Å². The molecular weight excluding hydrogens is 364 g/mol. The quantitative estimate of drug-likeness (QED) is 0.687. The molecule has 0 unspecified atom stereocenters. The summed E-state index contributed by atoms with van der Waals surface area (Å²) in [6, 6.07) is 3.49. The molecule has 0 aliphatic carbocycles. The number of aromatic nitrogens is 4. The van der Waals surface area contributed by atoms with Gasteiger partial charge in [-0.25, -0.2) is 23.7 Å². The van der Waals surface area contributed by atoms with Crippen molar-refractivity contribution in [1.29, 1.82) is 0 Å². The summed E-state index contributed by atoms with van der Waals surface area (Å²) in [7, 11) is 0. The lowest BCUT2D eigenvalue weighted by molar-refractivity contribution is 0.0256. The maximum absolute atomic E-state index is 13.5. The van der Waals surface area contributed by atoms with E-state index in [9.17, 15) is 13.6 Å². The van der Waals surface area contributed by atoms with Crippen LogP contribution in [0.25, 0.3) is 22.4 Å². The Morgan fingerprint density at radius 1 is 1.29 bits per heavy atom. The smallest absolute Gasteiger partial charge is 0.266 e. The van der Waals surface area contributed by atoms with Crippen molar-refractivity contribution in [2.24, 2.45) is 5.41 Å². The number of carbonyl (C=O) groups excluding carboxylic acids is 1. The Labute approximate surface area is 161 Å². The fourth-order valence-electron chi connectivity index (χ4n) is 3.29. The molecule has 1 fully saturated rings. The fraction of sp³-hybridized carbons (Fsp3) is 0.400. The molecule has 4 heterocycles. The first-order valence-corrected chi connectivity index (χ1v) is 9.12. The van der Waals surface area contributed by atoms with Gasteiger partial charge in [-0.2, -0.15) is 0 Å². The van der Waals surface area contributed by atoms with Gasteiger partial charge >= 0.3 is 0 Å². The topological polar surface area (TPSA) is 74.8 Å². The number of Topliss-reactive ketones (excluding diaryl/α,β-unsaturated/α-hetero) is 1. The van der Waals surface area contributed by atoms with E-state index in [0.29, 0.717) is 33.8 Å². The predicted octanol–water partition coefficient (Wildman–Crippen LogP) is 4.09. The molecule has 6 nitrogen and oxygen atoms in total. The second kappa shape index (κ2) is 6.32. The number of aromatic amines is 1. The van der Waals surface area contributed by atoms with E-state index in [1.54, 1.807) is 35.6 Å². The molecule has 4 rings (SSSR count). The molecule has 0 spiro atoms. The van der Waals surface area contributed by atoms with E-state index in [-0.39, 0.29) is 25.3 Å². The lowest BCUT2D eigenvalue weighted by atomic mass is 9.87. The molecule has 1 aliphatic heterocycles. The van der Waals surface area contributed by atoms with E-state index in [1.165, 1.54) is 0 Å². The largest absolute Gasteiger partial charge is 0.350 e. The van der Waals surface area contributed by atoms with E-state index >= 15 is 0 Å². The average molecular weight is 385 g/mol. The SMILES string of the molecule is CC(C)(C)C(=O)c1c[nH]c2ncc(-c3ccnc(N4CCC(F)(F)C4)c3)nc12. The Morgan fingerprint density at radius 2 is 2.07 bits per heavy atom. The van der Waals surface area contributed by atoms with Gasteiger partial charge in [-0.15, -0.1) is 0 Å². The van der Waals surface area contributed by atoms with Gasteiger partial charge in [0.25, 0.3) is 5.92 Å². The summed E-state index contributed by atoms with van der Waals surface area (Å²) < 4.78 is 27.1. The minimum Gasteiger partial charge on any atom is -0.350 e. The third-order valence-electron chi connectivity index (χ3n) is 4.84. The molecule has 0 radical (unpaired) electrons. The van der Waals surface area contributed by atoms with Crippen LogP contribution >= 0.6 is 0 Å². The molecular formula is C20H21F2N5O. The molecule has 0 saturated carbocycles. The van der Waals surface area contributed by atoms with E-state index in [4.69, 9.17) is 0 Å². The minimum atomic E-state index is -2.69. The number of nitrogens with zero attached hydrogens (tertiary/aromatic N) is 4. The van der Waals surface area contributed by atoms with E-state index in [0.717, 1.165) is 0 Å². The van der Waals surface area contributed by atoms with Crippen molar-refractivity contribution in [3.8, 4) is 11.3 Å². The summed E-state index contributed by atoms with van der Waals surface area (Å²) >= 11 is 0. The van der Waals surface area contributed by atoms with Crippen LogP contribution in [0.1, 0.15) is 37.6 Å². The fourth-order valence-corrected chi connectivity index (χ4v) is 3.29. The molecule has 8 heteroatoms. The van der Waals surface area contributed by atoms with Crippen molar-refractivity contribution in [3.05, 3.63) is 36.3 Å². The molecule has 0 amide bonds. The maximum Gasteiger partial charge on any atom is 0.266 e. The molecule has 0 bridgehead atoms. The molecule has 1 aliphatic rings. The van der Waals surface area contributed by atoms with Gasteiger partial charge in [0.05, 0.1) is 24.0 Å². The molecule has 3 aromatic heterocycles. The number of hydrogen-bond acceptors (Lipinski definition) is 5. The van der Waals surface area contributed by atoms with Gasteiger partial charge < -0.3 is 9.88 Å². The Hall–Kier alpha value is -2.90. The number of fused-ring (bicyclic) bond motifs is 1. The molecule has 28 heavy (non-hydrogen) atoms. The highest BCUT2D eigenvalue weighted by Crippen LogP contribution is 2.32. The number of halogens is 2. The lowest BCUT2D eigenvalue weighted by Gasteiger charge is -2.17. The van der Waals surface area contributed by atoms with Crippen LogP contribution in [0, 0.1) is 5.41 Å². The van der Waals surface area contributed by atoms with Gasteiger partial charge in [0.15, 0.2) is 11.4 Å². The van der Waals surface area contributed by atoms with Crippen LogP contribution in [0.15, 0.2) is 30.7 Å². The molecule has 0 aromatic carbocycles. The van der Waals surface area contributed by atoms with Crippen molar-refractivity contribution in [3.63, 3.8) is 0 Å². The molecule has 3 aromatic rings. The maximum atomic E-state index is 13.5. The monoisotopic (exact) mass is 385 g/mol. The minimum absolute atomic E-state index is 0.0279. The first-order valence-electron chi connectivity index (χ1n) is 9.12. The molecule has 1 N–H and O–H groups in total. The van der Waals surface area contributed by atoms with Gasteiger partial charge in [0.1, 0.15) is 11.3 Å². The zero-order valence-corrected chi connectivity index (χ0v) is 16.0. The number of pyridine rings is 1. The zero-order valence-electron chi connectivity index (χ0n) is 16.0. The Balaban J connectivity index is 1.72. The highest BCUT2D eigenvalue weighted by molar-refractivity contribution is 6.08. The van der Waals surface area contributed by atoms with E-state index in [1.807, 2.05) is 20.8 Å². The summed E-state index contributed by atoms with van der Waals surface area (Å²) in [5, 5.41) is 0. The second-order valence-corrected chi connectivity index (χ2v) is 8.16. The number of carbonyl (C=O) groups is 1. The highest BCUT2D eigenvalue weighted by Gasteiger charge is 2.38. The standard InChI is InChI=1S/C20H21F2N5O/c1-19(2,3)17(28)13-9-24-18-16(13)26-14(10-25-18)12-4-6-23-15(8-12)27-7-5-20(21,22)11-27/h4,6,8-10H,5,7,11H2,1-3H3,(H,24,25). The van der Waals surface area contributed by atoms with E-state index in [2.05, 4.69) is 19.9 Å². The van der Waals surface area contributed by atoms with Crippen LogP contribution in [0.2, 0.25) is 0 Å². The second-order valence-electron chi connectivity index (χ2n) is 8.16. The third kappa shape index (κ3) is 3.34. The summed E-state index contributed by atoms with van der Waals surface area (Å²) in [5.74, 6) is -2.24. The van der Waals surface area contributed by atoms with Crippen LogP contribution in [-0.4, -0.2) is 44.7 Å². The summed E-state index contributed by atoms with van der Waals surface area (Å²) in [4.78, 5) is 30.5. The summed E-state index contributed by atoms with van der Waals surface area (Å²) in [5.41, 5.74) is 2.26. The number of alkyl halides is 2.